The number of furan rings is 1. The fourth-order valence-electron chi connectivity index (χ4n) is 2.08. The Balaban J connectivity index is 1.63. The molecular weight excluding hydrogens is 232 g/mol. The molecule has 2 rings (SSSR count). The van der Waals surface area contributed by atoms with Gasteiger partial charge in [0.15, 0.2) is 0 Å². The Hall–Kier alpha value is -1.33. The van der Waals surface area contributed by atoms with Crippen LogP contribution in [0.5, 0.6) is 0 Å². The molecule has 1 amide bonds. The Morgan fingerprint density at radius 1 is 1.61 bits per heavy atom. The SMILES string of the molecule is CN(CC(=O)NCC1CCCO1)Cc1ccoc1. The summed E-state index contributed by atoms with van der Waals surface area (Å²) in [6.07, 6.45) is 5.68. The fraction of sp³-hybridized carbons (Fsp3) is 0.615. The molecule has 0 aliphatic carbocycles. The highest BCUT2D eigenvalue weighted by molar-refractivity contribution is 5.77. The maximum absolute atomic E-state index is 11.7. The summed E-state index contributed by atoms with van der Waals surface area (Å²) < 4.78 is 10.4. The van der Waals surface area contributed by atoms with Gasteiger partial charge in [-0.15, -0.1) is 0 Å². The van der Waals surface area contributed by atoms with E-state index in [0.29, 0.717) is 19.6 Å². The molecule has 1 aromatic rings. The minimum atomic E-state index is 0.0384. The van der Waals surface area contributed by atoms with Crippen LogP contribution in [-0.4, -0.2) is 43.7 Å². The van der Waals surface area contributed by atoms with Gasteiger partial charge in [0.2, 0.25) is 5.91 Å². The highest BCUT2D eigenvalue weighted by Gasteiger charge is 2.16. The zero-order chi connectivity index (χ0) is 12.8. The Bertz CT molecular complexity index is 358. The minimum Gasteiger partial charge on any atom is -0.472 e. The van der Waals surface area contributed by atoms with Crippen molar-refractivity contribution in [3.05, 3.63) is 24.2 Å². The second kappa shape index (κ2) is 6.56. The van der Waals surface area contributed by atoms with Gasteiger partial charge in [-0.1, -0.05) is 0 Å². The molecule has 5 nitrogen and oxygen atoms in total. The second-order valence-corrected chi connectivity index (χ2v) is 4.74. The minimum absolute atomic E-state index is 0.0384. The molecule has 5 heteroatoms. The molecule has 1 unspecified atom stereocenters. The van der Waals surface area contributed by atoms with Gasteiger partial charge in [-0.25, -0.2) is 0 Å². The van der Waals surface area contributed by atoms with Crippen LogP contribution in [0, 0.1) is 0 Å². The van der Waals surface area contributed by atoms with E-state index in [1.165, 1.54) is 0 Å². The van der Waals surface area contributed by atoms with Gasteiger partial charge in [0.05, 0.1) is 25.2 Å². The van der Waals surface area contributed by atoms with E-state index in [4.69, 9.17) is 9.15 Å². The molecule has 100 valence electrons. The van der Waals surface area contributed by atoms with Gasteiger partial charge in [-0.2, -0.15) is 0 Å². The maximum Gasteiger partial charge on any atom is 0.234 e. The van der Waals surface area contributed by atoms with Crippen molar-refractivity contribution in [3.63, 3.8) is 0 Å². The lowest BCUT2D eigenvalue weighted by atomic mass is 10.2. The van der Waals surface area contributed by atoms with Gasteiger partial charge in [0, 0.05) is 25.3 Å². The summed E-state index contributed by atoms with van der Waals surface area (Å²) in [7, 11) is 1.92. The molecule has 0 bridgehead atoms. The van der Waals surface area contributed by atoms with Crippen molar-refractivity contribution < 1.29 is 13.9 Å². The first-order chi connectivity index (χ1) is 8.74. The van der Waals surface area contributed by atoms with Gasteiger partial charge in [0.1, 0.15) is 0 Å². The summed E-state index contributed by atoms with van der Waals surface area (Å²) in [4.78, 5) is 13.7. The molecule has 0 spiro atoms. The van der Waals surface area contributed by atoms with E-state index in [-0.39, 0.29) is 12.0 Å². The topological polar surface area (TPSA) is 54.7 Å². The van der Waals surface area contributed by atoms with Crippen molar-refractivity contribution in [3.8, 4) is 0 Å². The first kappa shape index (κ1) is 13.1. The summed E-state index contributed by atoms with van der Waals surface area (Å²) in [6.45, 7) is 2.54. The number of hydrogen-bond donors (Lipinski definition) is 1. The molecule has 1 saturated heterocycles. The quantitative estimate of drug-likeness (QED) is 0.821. The van der Waals surface area contributed by atoms with Crippen LogP contribution in [0.25, 0.3) is 0 Å². The van der Waals surface area contributed by atoms with Crippen LogP contribution in [-0.2, 0) is 16.1 Å². The Labute approximate surface area is 107 Å². The van der Waals surface area contributed by atoms with Crippen molar-refractivity contribution in [2.24, 2.45) is 0 Å². The molecule has 1 atom stereocenters. The van der Waals surface area contributed by atoms with Crippen LogP contribution in [0.2, 0.25) is 0 Å². The monoisotopic (exact) mass is 252 g/mol. The smallest absolute Gasteiger partial charge is 0.234 e. The van der Waals surface area contributed by atoms with E-state index in [1.807, 2.05) is 18.0 Å². The van der Waals surface area contributed by atoms with E-state index >= 15 is 0 Å². The van der Waals surface area contributed by atoms with Crippen LogP contribution >= 0.6 is 0 Å². The van der Waals surface area contributed by atoms with Crippen LogP contribution in [0.15, 0.2) is 23.0 Å². The lowest BCUT2D eigenvalue weighted by Crippen LogP contribution is -2.38. The molecule has 1 fully saturated rings. The largest absolute Gasteiger partial charge is 0.472 e. The van der Waals surface area contributed by atoms with Crippen molar-refractivity contribution in [2.75, 3.05) is 26.7 Å². The Kier molecular flexibility index (Phi) is 4.78. The average molecular weight is 252 g/mol. The van der Waals surface area contributed by atoms with Gasteiger partial charge >= 0.3 is 0 Å². The highest BCUT2D eigenvalue weighted by atomic mass is 16.5. The third kappa shape index (κ3) is 4.16. The van der Waals surface area contributed by atoms with Crippen LogP contribution < -0.4 is 5.32 Å². The second-order valence-electron chi connectivity index (χ2n) is 4.74. The molecule has 18 heavy (non-hydrogen) atoms. The van der Waals surface area contributed by atoms with Gasteiger partial charge in [-0.05, 0) is 26.0 Å². The van der Waals surface area contributed by atoms with E-state index < -0.39 is 0 Å². The van der Waals surface area contributed by atoms with Crippen LogP contribution in [0.1, 0.15) is 18.4 Å². The van der Waals surface area contributed by atoms with Crippen molar-refractivity contribution in [2.45, 2.75) is 25.5 Å². The molecule has 1 aromatic heterocycles. The predicted octanol–water partition coefficient (Wildman–Crippen LogP) is 1.01. The normalized spacial score (nSPS) is 19.3. The van der Waals surface area contributed by atoms with Gasteiger partial charge in [0.25, 0.3) is 0 Å². The number of ether oxygens (including phenoxy) is 1. The maximum atomic E-state index is 11.7. The lowest BCUT2D eigenvalue weighted by molar-refractivity contribution is -0.122. The summed E-state index contributed by atoms with van der Waals surface area (Å²) >= 11 is 0. The number of nitrogens with one attached hydrogen (secondary N) is 1. The first-order valence-corrected chi connectivity index (χ1v) is 6.32. The Morgan fingerprint density at radius 3 is 3.17 bits per heavy atom. The van der Waals surface area contributed by atoms with Gasteiger partial charge < -0.3 is 14.5 Å². The third-order valence-electron chi connectivity index (χ3n) is 3.00. The molecular formula is C13H20N2O3. The standard InChI is InChI=1S/C13H20N2O3/c1-15(8-11-4-6-17-10-11)9-13(16)14-7-12-3-2-5-18-12/h4,6,10,12H,2-3,5,7-9H2,1H3,(H,14,16). The number of rotatable bonds is 6. The summed E-state index contributed by atoms with van der Waals surface area (Å²) in [6, 6.07) is 1.90. The van der Waals surface area contributed by atoms with Crippen LogP contribution in [0.3, 0.4) is 0 Å². The van der Waals surface area contributed by atoms with Crippen molar-refractivity contribution >= 4 is 5.91 Å². The number of amides is 1. The molecule has 1 N–H and O–H groups in total. The third-order valence-corrected chi connectivity index (χ3v) is 3.00. The number of nitrogens with zero attached hydrogens (tertiary/aromatic N) is 1. The molecule has 0 saturated carbocycles. The first-order valence-electron chi connectivity index (χ1n) is 6.32. The number of likely N-dealkylation sites (N-methyl/N-ethyl adjacent to an activating group) is 1. The number of hydrogen-bond acceptors (Lipinski definition) is 4. The molecule has 2 heterocycles. The number of carbonyl (C=O) groups excluding carboxylic acids is 1. The molecule has 0 aromatic carbocycles. The van der Waals surface area contributed by atoms with E-state index in [0.717, 1.165) is 25.0 Å². The zero-order valence-corrected chi connectivity index (χ0v) is 10.7. The number of carbonyl (C=O) groups is 1. The lowest BCUT2D eigenvalue weighted by Gasteiger charge is -2.16. The predicted molar refractivity (Wildman–Crippen MR) is 67.0 cm³/mol. The summed E-state index contributed by atoms with van der Waals surface area (Å²) in [5.41, 5.74) is 1.07. The van der Waals surface area contributed by atoms with E-state index in [2.05, 4.69) is 5.32 Å². The average Bonchev–Trinajstić information content (AvgIpc) is 2.98. The van der Waals surface area contributed by atoms with Crippen molar-refractivity contribution in [1.82, 2.24) is 10.2 Å². The highest BCUT2D eigenvalue weighted by Crippen LogP contribution is 2.10. The summed E-state index contributed by atoms with van der Waals surface area (Å²) in [5.74, 6) is 0.0384. The molecule has 0 radical (unpaired) electrons. The fourth-order valence-corrected chi connectivity index (χ4v) is 2.08. The summed E-state index contributed by atoms with van der Waals surface area (Å²) in [5, 5.41) is 2.91. The molecule has 1 aliphatic heterocycles. The van der Waals surface area contributed by atoms with Gasteiger partial charge in [-0.3, -0.25) is 9.69 Å². The Morgan fingerprint density at radius 2 is 2.50 bits per heavy atom. The van der Waals surface area contributed by atoms with Crippen LogP contribution in [0.4, 0.5) is 0 Å². The van der Waals surface area contributed by atoms with Crippen molar-refractivity contribution in [1.29, 1.82) is 0 Å². The van der Waals surface area contributed by atoms with E-state index in [9.17, 15) is 4.79 Å². The van der Waals surface area contributed by atoms with E-state index in [1.54, 1.807) is 12.5 Å². The zero-order valence-electron chi connectivity index (χ0n) is 10.7. The molecule has 1 aliphatic rings.